The van der Waals surface area contributed by atoms with Crippen LogP contribution in [-0.2, 0) is 20.7 Å². The molecule has 1 saturated heterocycles. The first-order valence-electron chi connectivity index (χ1n) is 11.6. The van der Waals surface area contributed by atoms with Gasteiger partial charge in [0.2, 0.25) is 0 Å². The summed E-state index contributed by atoms with van der Waals surface area (Å²) in [6, 6.07) is 4.38. The molecule has 0 bridgehead atoms. The topological polar surface area (TPSA) is 86.1 Å². The Morgan fingerprint density at radius 3 is 2.70 bits per heavy atom. The van der Waals surface area contributed by atoms with Crippen molar-refractivity contribution >= 4 is 17.7 Å². The third-order valence-electron chi connectivity index (χ3n) is 6.66. The summed E-state index contributed by atoms with van der Waals surface area (Å²) in [5.41, 5.74) is 3.52. The second-order valence-electron chi connectivity index (χ2n) is 8.89. The van der Waals surface area contributed by atoms with Crippen molar-refractivity contribution in [1.82, 2.24) is 14.7 Å². The summed E-state index contributed by atoms with van der Waals surface area (Å²) in [4.78, 5) is 28.8. The van der Waals surface area contributed by atoms with E-state index in [-0.39, 0.29) is 18.6 Å². The number of amides is 2. The molecule has 1 saturated carbocycles. The van der Waals surface area contributed by atoms with Crippen molar-refractivity contribution in [2.45, 2.75) is 44.7 Å². The number of nitrogens with zero attached hydrogens (tertiary/aromatic N) is 4. The molecule has 1 aromatic carbocycles. The van der Waals surface area contributed by atoms with Crippen LogP contribution in [0.4, 0.5) is 10.5 Å². The predicted octanol–water partition coefficient (Wildman–Crippen LogP) is 3.03. The van der Waals surface area contributed by atoms with Gasteiger partial charge in [-0.25, -0.2) is 4.79 Å². The average Bonchev–Trinajstić information content (AvgIpc) is 3.58. The summed E-state index contributed by atoms with van der Waals surface area (Å²) in [6.07, 6.45) is 7.31. The van der Waals surface area contributed by atoms with Gasteiger partial charge >= 0.3 is 6.09 Å². The second-order valence-corrected chi connectivity index (χ2v) is 8.89. The van der Waals surface area contributed by atoms with Gasteiger partial charge in [0.05, 0.1) is 38.2 Å². The lowest BCUT2D eigenvalue weighted by Crippen LogP contribution is -2.43. The van der Waals surface area contributed by atoms with Crippen molar-refractivity contribution in [2.24, 2.45) is 0 Å². The minimum Gasteiger partial charge on any atom is -0.483 e. The van der Waals surface area contributed by atoms with Crippen LogP contribution in [0.2, 0.25) is 0 Å². The first-order valence-corrected chi connectivity index (χ1v) is 11.6. The molecule has 9 nitrogen and oxygen atoms in total. The zero-order chi connectivity index (χ0) is 22.9. The number of benzene rings is 1. The highest BCUT2D eigenvalue weighted by Gasteiger charge is 2.33. The molecule has 2 fully saturated rings. The van der Waals surface area contributed by atoms with E-state index in [9.17, 15) is 9.59 Å². The molecular formula is C24H30N4O5. The maximum absolute atomic E-state index is 12.8. The molecular weight excluding hydrogens is 424 g/mol. The first kappa shape index (κ1) is 21.8. The lowest BCUT2D eigenvalue weighted by molar-refractivity contribution is -0.137. The molecule has 9 heteroatoms. The molecule has 1 aromatic heterocycles. The summed E-state index contributed by atoms with van der Waals surface area (Å²) in [5, 5.41) is 4.53. The summed E-state index contributed by atoms with van der Waals surface area (Å²) < 4.78 is 18.6. The van der Waals surface area contributed by atoms with Crippen LogP contribution in [0.15, 0.2) is 24.5 Å². The number of ether oxygens (including phenoxy) is 3. The molecule has 3 aliphatic rings. The van der Waals surface area contributed by atoms with Crippen LogP contribution >= 0.6 is 0 Å². The Morgan fingerprint density at radius 1 is 1.18 bits per heavy atom. The fourth-order valence-electron chi connectivity index (χ4n) is 4.63. The van der Waals surface area contributed by atoms with E-state index in [4.69, 9.17) is 14.2 Å². The standard InChI is InChI=1S/C24H30N4O5/c1-16-3-6-20-21(28(16)24(30)31-2)8-7-19(17-13-25-27(14-17)18-4-5-18)23(20)33-15-22(29)26-9-11-32-12-10-26/h7-8,13-14,16,18H,3-6,9-12,15H2,1-2H3/t16-/m0/s1. The van der Waals surface area contributed by atoms with Crippen molar-refractivity contribution in [1.29, 1.82) is 0 Å². The molecule has 3 heterocycles. The fraction of sp³-hybridized carbons (Fsp3) is 0.542. The third-order valence-corrected chi connectivity index (χ3v) is 6.66. The van der Waals surface area contributed by atoms with E-state index >= 15 is 0 Å². The predicted molar refractivity (Wildman–Crippen MR) is 121 cm³/mol. The molecule has 2 aromatic rings. The van der Waals surface area contributed by atoms with Crippen LogP contribution in [-0.4, -0.2) is 72.7 Å². The van der Waals surface area contributed by atoms with Crippen molar-refractivity contribution in [2.75, 3.05) is 44.9 Å². The quantitative estimate of drug-likeness (QED) is 0.690. The molecule has 0 unspecified atom stereocenters. The van der Waals surface area contributed by atoms with E-state index in [1.54, 1.807) is 9.80 Å². The lowest BCUT2D eigenvalue weighted by Gasteiger charge is -2.35. The van der Waals surface area contributed by atoms with E-state index in [0.29, 0.717) is 38.1 Å². The number of methoxy groups -OCH3 is 1. The van der Waals surface area contributed by atoms with Gasteiger partial charge < -0.3 is 19.1 Å². The molecule has 2 amide bonds. The number of rotatable bonds is 5. The third kappa shape index (κ3) is 4.29. The Balaban J connectivity index is 1.50. The number of anilines is 1. The Bertz CT molecular complexity index is 1040. The van der Waals surface area contributed by atoms with Gasteiger partial charge in [-0.2, -0.15) is 5.10 Å². The van der Waals surface area contributed by atoms with Crippen LogP contribution in [0.5, 0.6) is 5.75 Å². The summed E-state index contributed by atoms with van der Waals surface area (Å²) >= 11 is 0. The van der Waals surface area contributed by atoms with Crippen LogP contribution < -0.4 is 9.64 Å². The average molecular weight is 455 g/mol. The minimum absolute atomic E-state index is 0.0104. The van der Waals surface area contributed by atoms with Gasteiger partial charge in [-0.05, 0) is 44.7 Å². The SMILES string of the molecule is COC(=O)N1c2ccc(-c3cnn(C4CC4)c3)c(OCC(=O)N3CCOCC3)c2CC[C@@H]1C. The molecule has 1 atom stereocenters. The van der Waals surface area contributed by atoms with E-state index in [2.05, 4.69) is 5.10 Å². The number of hydrogen-bond donors (Lipinski definition) is 0. The molecule has 176 valence electrons. The lowest BCUT2D eigenvalue weighted by atomic mass is 9.92. The van der Waals surface area contributed by atoms with Crippen LogP contribution in [0.1, 0.15) is 37.8 Å². The van der Waals surface area contributed by atoms with Gasteiger partial charge in [0.15, 0.2) is 6.61 Å². The number of hydrogen-bond acceptors (Lipinski definition) is 6. The molecule has 2 aliphatic heterocycles. The zero-order valence-corrected chi connectivity index (χ0v) is 19.2. The van der Waals surface area contributed by atoms with Crippen molar-refractivity contribution in [3.05, 3.63) is 30.1 Å². The second kappa shape index (κ2) is 9.05. The Labute approximate surface area is 193 Å². The molecule has 1 aliphatic carbocycles. The maximum atomic E-state index is 12.8. The van der Waals surface area contributed by atoms with Crippen molar-refractivity contribution in [3.63, 3.8) is 0 Å². The highest BCUT2D eigenvalue weighted by atomic mass is 16.5. The Hall–Kier alpha value is -3.07. The molecule has 5 rings (SSSR count). The van der Waals surface area contributed by atoms with Gasteiger partial charge in [-0.3, -0.25) is 14.4 Å². The van der Waals surface area contributed by atoms with Crippen molar-refractivity contribution in [3.8, 4) is 16.9 Å². The molecule has 33 heavy (non-hydrogen) atoms. The minimum atomic E-state index is -0.395. The van der Waals surface area contributed by atoms with E-state index in [1.165, 1.54) is 7.11 Å². The monoisotopic (exact) mass is 454 g/mol. The van der Waals surface area contributed by atoms with Crippen LogP contribution in [0.25, 0.3) is 11.1 Å². The molecule has 0 N–H and O–H groups in total. The highest BCUT2D eigenvalue weighted by molar-refractivity contribution is 5.92. The van der Waals surface area contributed by atoms with E-state index in [0.717, 1.165) is 48.1 Å². The van der Waals surface area contributed by atoms with Gasteiger partial charge in [-0.15, -0.1) is 0 Å². The zero-order valence-electron chi connectivity index (χ0n) is 19.2. The van der Waals surface area contributed by atoms with Crippen LogP contribution in [0.3, 0.4) is 0 Å². The van der Waals surface area contributed by atoms with Gasteiger partial charge in [-0.1, -0.05) is 0 Å². The summed E-state index contributed by atoms with van der Waals surface area (Å²) in [5.74, 6) is 0.579. The number of aromatic nitrogens is 2. The van der Waals surface area contributed by atoms with Crippen LogP contribution in [0, 0.1) is 0 Å². The number of fused-ring (bicyclic) bond motifs is 1. The fourth-order valence-corrected chi connectivity index (χ4v) is 4.63. The highest BCUT2D eigenvalue weighted by Crippen LogP contribution is 2.44. The van der Waals surface area contributed by atoms with Gasteiger partial charge in [0.25, 0.3) is 5.91 Å². The number of morpholine rings is 1. The summed E-state index contributed by atoms with van der Waals surface area (Å²) in [7, 11) is 1.39. The smallest absolute Gasteiger partial charge is 0.414 e. The van der Waals surface area contributed by atoms with Crippen molar-refractivity contribution < 1.29 is 23.8 Å². The van der Waals surface area contributed by atoms with E-state index < -0.39 is 6.09 Å². The Morgan fingerprint density at radius 2 is 1.97 bits per heavy atom. The number of carbonyl (C=O) groups is 2. The first-order chi connectivity index (χ1) is 16.1. The van der Waals surface area contributed by atoms with E-state index in [1.807, 2.05) is 36.1 Å². The largest absolute Gasteiger partial charge is 0.483 e. The van der Waals surface area contributed by atoms with Gasteiger partial charge in [0, 0.05) is 42.0 Å². The number of carbonyl (C=O) groups excluding carboxylic acids is 2. The Kier molecular flexibility index (Phi) is 5.97. The summed E-state index contributed by atoms with van der Waals surface area (Å²) in [6.45, 7) is 4.19. The van der Waals surface area contributed by atoms with Gasteiger partial charge in [0.1, 0.15) is 5.75 Å². The normalized spacial score (nSPS) is 20.4. The maximum Gasteiger partial charge on any atom is 0.414 e. The molecule has 0 spiro atoms. The molecule has 0 radical (unpaired) electrons.